The molecular weight excluding hydrogens is 262 g/mol. The first-order valence-corrected chi connectivity index (χ1v) is 6.54. The highest BCUT2D eigenvalue weighted by Crippen LogP contribution is 2.16. The summed E-state index contributed by atoms with van der Waals surface area (Å²) in [5.74, 6) is 0.661. The van der Waals surface area contributed by atoms with Crippen LogP contribution in [0.3, 0.4) is 0 Å². The van der Waals surface area contributed by atoms with Crippen LogP contribution in [0.25, 0.3) is 0 Å². The number of benzene rings is 1. The van der Waals surface area contributed by atoms with Crippen LogP contribution in [0.1, 0.15) is 13.8 Å². The molecule has 0 aliphatic rings. The van der Waals surface area contributed by atoms with Crippen LogP contribution in [0, 0.1) is 0 Å². The fraction of sp³-hybridized carbons (Fsp3) is 0.385. The lowest BCUT2D eigenvalue weighted by Gasteiger charge is -2.19. The van der Waals surface area contributed by atoms with E-state index in [1.54, 1.807) is 29.2 Å². The fourth-order valence-corrected chi connectivity index (χ4v) is 1.56. The Labute approximate surface area is 118 Å². The molecular formula is C13H19N3O2S. The number of ether oxygens (including phenoxy) is 1. The van der Waals surface area contributed by atoms with Gasteiger partial charge in [0.15, 0.2) is 0 Å². The van der Waals surface area contributed by atoms with Crippen molar-refractivity contribution in [1.82, 2.24) is 4.90 Å². The molecule has 1 aromatic rings. The van der Waals surface area contributed by atoms with E-state index in [0.717, 1.165) is 5.69 Å². The number of hydrogen-bond acceptors (Lipinski definition) is 3. The number of nitrogens with two attached hydrogens (primary N) is 1. The van der Waals surface area contributed by atoms with E-state index in [1.807, 2.05) is 13.8 Å². The van der Waals surface area contributed by atoms with Gasteiger partial charge in [-0.3, -0.25) is 0 Å². The lowest BCUT2D eigenvalue weighted by Crippen LogP contribution is -2.34. The summed E-state index contributed by atoms with van der Waals surface area (Å²) in [6.45, 7) is 5.45. The third-order valence-electron chi connectivity index (χ3n) is 2.54. The van der Waals surface area contributed by atoms with E-state index in [0.29, 0.717) is 23.8 Å². The summed E-state index contributed by atoms with van der Waals surface area (Å²) in [4.78, 5) is 13.8. The first-order valence-electron chi connectivity index (χ1n) is 6.13. The number of carbonyl (C=O) groups is 1. The predicted molar refractivity (Wildman–Crippen MR) is 80.7 cm³/mol. The van der Waals surface area contributed by atoms with Gasteiger partial charge < -0.3 is 20.7 Å². The molecule has 0 radical (unpaired) electrons. The molecule has 3 N–H and O–H groups in total. The van der Waals surface area contributed by atoms with Gasteiger partial charge in [0, 0.05) is 18.8 Å². The summed E-state index contributed by atoms with van der Waals surface area (Å²) < 4.78 is 5.33. The number of urea groups is 1. The van der Waals surface area contributed by atoms with Crippen LogP contribution in [-0.2, 0) is 0 Å². The van der Waals surface area contributed by atoms with Gasteiger partial charge in [-0.05, 0) is 38.1 Å². The van der Waals surface area contributed by atoms with Gasteiger partial charge in [-0.25, -0.2) is 4.79 Å². The van der Waals surface area contributed by atoms with Crippen LogP contribution in [0.5, 0.6) is 5.75 Å². The molecule has 1 rings (SSSR count). The summed E-state index contributed by atoms with van der Waals surface area (Å²) in [6, 6.07) is 6.96. The Morgan fingerprint density at radius 3 is 2.37 bits per heavy atom. The summed E-state index contributed by atoms with van der Waals surface area (Å²) >= 11 is 4.72. The highest BCUT2D eigenvalue weighted by molar-refractivity contribution is 7.80. The van der Waals surface area contributed by atoms with Gasteiger partial charge in [0.1, 0.15) is 17.3 Å². The first-order chi connectivity index (χ1) is 9.06. The Balaban J connectivity index is 2.56. The molecule has 0 saturated heterocycles. The molecule has 0 spiro atoms. The quantitative estimate of drug-likeness (QED) is 0.785. The Hall–Kier alpha value is -1.82. The summed E-state index contributed by atoms with van der Waals surface area (Å²) in [5.41, 5.74) is 6.07. The average molecular weight is 281 g/mol. The first kappa shape index (κ1) is 15.2. The number of amides is 2. The molecule has 0 atom stereocenters. The van der Waals surface area contributed by atoms with E-state index in [4.69, 9.17) is 22.7 Å². The van der Waals surface area contributed by atoms with Crippen LogP contribution in [0.4, 0.5) is 10.5 Å². The molecule has 0 unspecified atom stereocenters. The van der Waals surface area contributed by atoms with Crippen molar-refractivity contribution in [2.24, 2.45) is 5.73 Å². The van der Waals surface area contributed by atoms with Crippen LogP contribution in [0.2, 0.25) is 0 Å². The molecule has 0 saturated carbocycles. The zero-order valence-corrected chi connectivity index (χ0v) is 12.0. The van der Waals surface area contributed by atoms with Crippen molar-refractivity contribution in [2.45, 2.75) is 13.8 Å². The van der Waals surface area contributed by atoms with Gasteiger partial charge in [-0.15, -0.1) is 0 Å². The zero-order valence-electron chi connectivity index (χ0n) is 11.2. The fourth-order valence-electron chi connectivity index (χ4n) is 1.50. The summed E-state index contributed by atoms with van der Waals surface area (Å²) in [6.07, 6.45) is 0. The number of nitrogens with one attached hydrogen (secondary N) is 1. The molecule has 0 aliphatic carbocycles. The van der Waals surface area contributed by atoms with Gasteiger partial charge in [-0.2, -0.15) is 0 Å². The molecule has 0 bridgehead atoms. The second-order valence-corrected chi connectivity index (χ2v) is 4.41. The maximum absolute atomic E-state index is 11.8. The molecule has 104 valence electrons. The molecule has 6 heteroatoms. The van der Waals surface area contributed by atoms with Crippen LogP contribution in [-0.4, -0.2) is 35.6 Å². The van der Waals surface area contributed by atoms with E-state index in [1.165, 1.54) is 0 Å². The second kappa shape index (κ2) is 7.58. The normalized spacial score (nSPS) is 9.79. The monoisotopic (exact) mass is 281 g/mol. The van der Waals surface area contributed by atoms with Gasteiger partial charge in [0.05, 0.1) is 0 Å². The summed E-state index contributed by atoms with van der Waals surface area (Å²) in [5, 5.41) is 2.82. The van der Waals surface area contributed by atoms with E-state index < -0.39 is 0 Å². The Morgan fingerprint density at radius 1 is 1.32 bits per heavy atom. The minimum atomic E-state index is -0.109. The highest BCUT2D eigenvalue weighted by Gasteiger charge is 2.08. The number of rotatable bonds is 6. The van der Waals surface area contributed by atoms with Gasteiger partial charge in [0.2, 0.25) is 0 Å². The molecule has 0 aromatic heterocycles. The largest absolute Gasteiger partial charge is 0.487 e. The second-order valence-electron chi connectivity index (χ2n) is 3.88. The Morgan fingerprint density at radius 2 is 1.89 bits per heavy atom. The third-order valence-corrected chi connectivity index (χ3v) is 2.66. The van der Waals surface area contributed by atoms with E-state index in [-0.39, 0.29) is 12.6 Å². The Bertz CT molecular complexity index is 430. The number of anilines is 1. The van der Waals surface area contributed by atoms with E-state index >= 15 is 0 Å². The molecule has 0 fully saturated rings. The number of hydrogen-bond donors (Lipinski definition) is 2. The third kappa shape index (κ3) is 5.13. The van der Waals surface area contributed by atoms with Crippen LogP contribution >= 0.6 is 12.2 Å². The molecule has 5 nitrogen and oxygen atoms in total. The Kier molecular flexibility index (Phi) is 6.08. The zero-order chi connectivity index (χ0) is 14.3. The predicted octanol–water partition coefficient (Wildman–Crippen LogP) is 2.23. The van der Waals surface area contributed by atoms with Crippen molar-refractivity contribution in [3.8, 4) is 5.75 Å². The highest BCUT2D eigenvalue weighted by atomic mass is 32.1. The van der Waals surface area contributed by atoms with Crippen molar-refractivity contribution < 1.29 is 9.53 Å². The van der Waals surface area contributed by atoms with Crippen LogP contribution < -0.4 is 15.8 Å². The van der Waals surface area contributed by atoms with Crippen molar-refractivity contribution in [1.29, 1.82) is 0 Å². The minimum Gasteiger partial charge on any atom is -0.487 e. The van der Waals surface area contributed by atoms with Gasteiger partial charge in [-0.1, -0.05) is 12.2 Å². The maximum atomic E-state index is 11.8. The van der Waals surface area contributed by atoms with Crippen molar-refractivity contribution in [2.75, 3.05) is 25.0 Å². The lowest BCUT2D eigenvalue weighted by molar-refractivity contribution is 0.217. The van der Waals surface area contributed by atoms with Gasteiger partial charge in [0.25, 0.3) is 0 Å². The number of nitrogens with zero attached hydrogens (tertiary/aromatic N) is 1. The SMILES string of the molecule is CCN(CC)C(=O)Nc1ccc(OCC(N)=S)cc1. The maximum Gasteiger partial charge on any atom is 0.321 e. The number of thiocarbonyl (C=S) groups is 1. The van der Waals surface area contributed by atoms with E-state index in [9.17, 15) is 4.79 Å². The molecule has 1 aromatic carbocycles. The molecule has 19 heavy (non-hydrogen) atoms. The number of carbonyl (C=O) groups excluding carboxylic acids is 1. The molecule has 0 heterocycles. The lowest BCUT2D eigenvalue weighted by atomic mass is 10.3. The van der Waals surface area contributed by atoms with Gasteiger partial charge >= 0.3 is 6.03 Å². The molecule has 2 amide bonds. The molecule has 0 aliphatic heterocycles. The summed E-state index contributed by atoms with van der Waals surface area (Å²) in [7, 11) is 0. The average Bonchev–Trinajstić information content (AvgIpc) is 2.39. The minimum absolute atomic E-state index is 0.109. The van der Waals surface area contributed by atoms with Crippen molar-refractivity contribution in [3.05, 3.63) is 24.3 Å². The standard InChI is InChI=1S/C13H19N3O2S/c1-3-16(4-2)13(17)15-10-5-7-11(8-6-10)18-9-12(14)19/h5-8H,3-4,9H2,1-2H3,(H2,14,19)(H,15,17). The smallest absolute Gasteiger partial charge is 0.321 e. The van der Waals surface area contributed by atoms with Crippen LogP contribution in [0.15, 0.2) is 24.3 Å². The van der Waals surface area contributed by atoms with Crippen molar-refractivity contribution in [3.63, 3.8) is 0 Å². The van der Waals surface area contributed by atoms with E-state index in [2.05, 4.69) is 5.32 Å². The topological polar surface area (TPSA) is 67.6 Å². The van der Waals surface area contributed by atoms with Crippen molar-refractivity contribution >= 4 is 28.9 Å².